The van der Waals surface area contributed by atoms with E-state index in [9.17, 15) is 9.59 Å². The van der Waals surface area contributed by atoms with Crippen LogP contribution in [0.1, 0.15) is 46.9 Å². The number of carbonyl (C=O) groups is 2. The van der Waals surface area contributed by atoms with Crippen LogP contribution >= 0.6 is 11.3 Å². The van der Waals surface area contributed by atoms with Crippen molar-refractivity contribution in [3.63, 3.8) is 0 Å². The second-order valence-corrected chi connectivity index (χ2v) is 7.96. The van der Waals surface area contributed by atoms with E-state index in [1.54, 1.807) is 42.5 Å². The number of allylic oxidation sites excluding steroid dienone is 1. The average molecular weight is 439 g/mol. The summed E-state index contributed by atoms with van der Waals surface area (Å²) in [5, 5.41) is 0. The van der Waals surface area contributed by atoms with E-state index < -0.39 is 5.97 Å². The normalized spacial score (nSPS) is 11.5. The Labute approximate surface area is 185 Å². The second kappa shape index (κ2) is 10.7. The lowest BCUT2D eigenvalue weighted by Gasteiger charge is -2.05. The van der Waals surface area contributed by atoms with Gasteiger partial charge in [0.2, 0.25) is 0 Å². The van der Waals surface area contributed by atoms with Crippen molar-refractivity contribution in [2.45, 2.75) is 32.7 Å². The van der Waals surface area contributed by atoms with Crippen LogP contribution in [-0.4, -0.2) is 30.2 Å². The zero-order chi connectivity index (χ0) is 22.2. The maximum Gasteiger partial charge on any atom is 0.337 e. The Balaban J connectivity index is 1.88. The molecule has 1 aromatic heterocycles. The number of carbonyl (C=O) groups excluding carboxylic acids is 2. The average Bonchev–Trinajstić information content (AvgIpc) is 3.13. The molecular weight excluding hydrogens is 412 g/mol. The van der Waals surface area contributed by atoms with Crippen molar-refractivity contribution in [3.05, 3.63) is 71.0 Å². The molecular formula is C24H26N2O4S. The van der Waals surface area contributed by atoms with Crippen LogP contribution in [-0.2, 0) is 11.3 Å². The monoisotopic (exact) mass is 438 g/mol. The molecule has 1 amide bonds. The largest absolute Gasteiger partial charge is 0.494 e. The first-order valence-electron chi connectivity index (χ1n) is 10.2. The summed E-state index contributed by atoms with van der Waals surface area (Å²) in [6.07, 6.45) is 5.04. The van der Waals surface area contributed by atoms with Crippen LogP contribution in [0.4, 0.5) is 0 Å². The van der Waals surface area contributed by atoms with Gasteiger partial charge in [-0.25, -0.2) is 4.79 Å². The van der Waals surface area contributed by atoms with Crippen LogP contribution in [0.2, 0.25) is 0 Å². The van der Waals surface area contributed by atoms with E-state index in [2.05, 4.69) is 18.5 Å². The van der Waals surface area contributed by atoms with Gasteiger partial charge in [0, 0.05) is 12.1 Å². The molecule has 0 radical (unpaired) electrons. The molecule has 0 atom stereocenters. The van der Waals surface area contributed by atoms with E-state index in [0.717, 1.165) is 35.2 Å². The highest BCUT2D eigenvalue weighted by Gasteiger charge is 2.12. The SMILES string of the molecule is C=CCn1c(=NC(=O)c2ccc(OCCCCC)cc2)sc2cc(C(=O)OC)ccc21. The zero-order valence-corrected chi connectivity index (χ0v) is 18.6. The van der Waals surface area contributed by atoms with Gasteiger partial charge in [0.05, 0.1) is 29.5 Å². The fourth-order valence-electron chi connectivity index (χ4n) is 3.10. The van der Waals surface area contributed by atoms with Crippen LogP contribution in [0, 0.1) is 0 Å². The minimum absolute atomic E-state index is 0.338. The number of amides is 1. The molecule has 0 aliphatic rings. The minimum Gasteiger partial charge on any atom is -0.494 e. The first-order chi connectivity index (χ1) is 15.1. The van der Waals surface area contributed by atoms with Gasteiger partial charge >= 0.3 is 5.97 Å². The summed E-state index contributed by atoms with van der Waals surface area (Å²) in [6.45, 7) is 7.11. The summed E-state index contributed by atoms with van der Waals surface area (Å²) in [7, 11) is 1.35. The number of hydrogen-bond donors (Lipinski definition) is 0. The van der Waals surface area contributed by atoms with Crippen molar-refractivity contribution < 1.29 is 19.1 Å². The molecule has 0 N–H and O–H groups in total. The number of thiazole rings is 1. The molecule has 0 spiro atoms. The van der Waals surface area contributed by atoms with Gasteiger partial charge in [-0.05, 0) is 48.9 Å². The summed E-state index contributed by atoms with van der Waals surface area (Å²) in [4.78, 5) is 29.5. The molecule has 0 fully saturated rings. The highest BCUT2D eigenvalue weighted by molar-refractivity contribution is 7.16. The van der Waals surface area contributed by atoms with Crippen LogP contribution in [0.3, 0.4) is 0 Å². The molecule has 0 unspecified atom stereocenters. The van der Waals surface area contributed by atoms with Crippen molar-refractivity contribution in [2.75, 3.05) is 13.7 Å². The van der Waals surface area contributed by atoms with Gasteiger partial charge in [-0.2, -0.15) is 4.99 Å². The van der Waals surface area contributed by atoms with Crippen LogP contribution in [0.15, 0.2) is 60.1 Å². The maximum atomic E-state index is 12.8. The predicted molar refractivity (Wildman–Crippen MR) is 123 cm³/mol. The quantitative estimate of drug-likeness (QED) is 0.268. The Bertz CT molecular complexity index is 1140. The number of fused-ring (bicyclic) bond motifs is 1. The first kappa shape index (κ1) is 22.5. The molecule has 1 heterocycles. The molecule has 7 heteroatoms. The van der Waals surface area contributed by atoms with Crippen LogP contribution < -0.4 is 9.54 Å². The fraction of sp³-hybridized carbons (Fsp3) is 0.292. The zero-order valence-electron chi connectivity index (χ0n) is 17.8. The molecule has 0 aliphatic carbocycles. The van der Waals surface area contributed by atoms with Gasteiger partial charge in [-0.1, -0.05) is 37.2 Å². The maximum absolute atomic E-state index is 12.8. The van der Waals surface area contributed by atoms with Crippen molar-refractivity contribution in [1.29, 1.82) is 0 Å². The molecule has 3 aromatic rings. The highest BCUT2D eigenvalue weighted by atomic mass is 32.1. The Morgan fingerprint density at radius 1 is 1.13 bits per heavy atom. The predicted octanol–water partition coefficient (Wildman–Crippen LogP) is 4.99. The first-order valence-corrected chi connectivity index (χ1v) is 11.0. The number of hydrogen-bond acceptors (Lipinski definition) is 5. The summed E-state index contributed by atoms with van der Waals surface area (Å²) >= 11 is 1.34. The lowest BCUT2D eigenvalue weighted by molar-refractivity contribution is 0.0600. The lowest BCUT2D eigenvalue weighted by atomic mass is 10.2. The Morgan fingerprint density at radius 2 is 1.87 bits per heavy atom. The standard InChI is InChI=1S/C24H26N2O4S/c1-4-6-7-15-30-19-11-8-17(9-12-19)22(27)25-24-26(14-5-2)20-13-10-18(23(28)29-3)16-21(20)31-24/h5,8-13,16H,2,4,6-7,14-15H2,1,3H3. The van der Waals surface area contributed by atoms with Gasteiger partial charge in [-0.3, -0.25) is 4.79 Å². The van der Waals surface area contributed by atoms with Gasteiger partial charge in [0.15, 0.2) is 4.80 Å². The summed E-state index contributed by atoms with van der Waals surface area (Å²) in [6, 6.07) is 12.3. The minimum atomic E-state index is -0.405. The van der Waals surface area contributed by atoms with Crippen LogP contribution in [0.5, 0.6) is 5.75 Å². The van der Waals surface area contributed by atoms with E-state index in [1.165, 1.54) is 18.4 Å². The van der Waals surface area contributed by atoms with E-state index >= 15 is 0 Å². The van der Waals surface area contributed by atoms with E-state index in [4.69, 9.17) is 9.47 Å². The number of benzene rings is 2. The van der Waals surface area contributed by atoms with Gasteiger partial charge in [0.25, 0.3) is 5.91 Å². The van der Waals surface area contributed by atoms with Gasteiger partial charge < -0.3 is 14.0 Å². The Kier molecular flexibility index (Phi) is 7.78. The van der Waals surface area contributed by atoms with Crippen LogP contribution in [0.25, 0.3) is 10.2 Å². The Hall–Kier alpha value is -3.19. The smallest absolute Gasteiger partial charge is 0.337 e. The third-order valence-corrected chi connectivity index (χ3v) is 5.77. The molecule has 6 nitrogen and oxygen atoms in total. The molecule has 0 saturated heterocycles. The number of aromatic nitrogens is 1. The van der Waals surface area contributed by atoms with Crippen molar-refractivity contribution >= 4 is 33.4 Å². The van der Waals surface area contributed by atoms with E-state index in [1.807, 2.05) is 10.6 Å². The number of esters is 1. The van der Waals surface area contributed by atoms with Gasteiger partial charge in [-0.15, -0.1) is 6.58 Å². The molecule has 0 bridgehead atoms. The van der Waals surface area contributed by atoms with E-state index in [0.29, 0.717) is 29.1 Å². The lowest BCUT2D eigenvalue weighted by Crippen LogP contribution is -2.16. The number of nitrogens with zero attached hydrogens (tertiary/aromatic N) is 2. The van der Waals surface area contributed by atoms with Crippen molar-refractivity contribution in [3.8, 4) is 5.75 Å². The molecule has 0 saturated carbocycles. The Morgan fingerprint density at radius 3 is 2.55 bits per heavy atom. The molecule has 0 aliphatic heterocycles. The van der Waals surface area contributed by atoms with Crippen molar-refractivity contribution in [2.24, 2.45) is 4.99 Å². The number of ether oxygens (including phenoxy) is 2. The number of methoxy groups -OCH3 is 1. The molecule has 2 aromatic carbocycles. The molecule has 3 rings (SSSR count). The van der Waals surface area contributed by atoms with E-state index in [-0.39, 0.29) is 5.91 Å². The summed E-state index contributed by atoms with van der Waals surface area (Å²) in [5.74, 6) is -0.00110. The summed E-state index contributed by atoms with van der Waals surface area (Å²) < 4.78 is 13.2. The van der Waals surface area contributed by atoms with Gasteiger partial charge in [0.1, 0.15) is 5.75 Å². The highest BCUT2D eigenvalue weighted by Crippen LogP contribution is 2.20. The topological polar surface area (TPSA) is 69.9 Å². The fourth-order valence-corrected chi connectivity index (χ4v) is 4.17. The number of unbranched alkanes of at least 4 members (excludes halogenated alkanes) is 2. The third kappa shape index (κ3) is 5.49. The molecule has 162 valence electrons. The van der Waals surface area contributed by atoms with Crippen molar-refractivity contribution in [1.82, 2.24) is 4.57 Å². The third-order valence-electron chi connectivity index (χ3n) is 4.73. The number of rotatable bonds is 9. The second-order valence-electron chi connectivity index (χ2n) is 6.95. The summed E-state index contributed by atoms with van der Waals surface area (Å²) in [5.41, 5.74) is 1.81. The molecule has 31 heavy (non-hydrogen) atoms.